The molecule has 0 aliphatic carbocycles. The van der Waals surface area contributed by atoms with Crippen LogP contribution in [0.3, 0.4) is 0 Å². The summed E-state index contributed by atoms with van der Waals surface area (Å²) >= 11 is 0. The molecule has 184 valence electrons. The maximum atomic E-state index is 11.4. The van der Waals surface area contributed by atoms with Gasteiger partial charge in [0.2, 0.25) is 0 Å². The lowest BCUT2D eigenvalue weighted by Crippen LogP contribution is -2.50. The van der Waals surface area contributed by atoms with E-state index in [1.54, 1.807) is 41.5 Å². The zero-order valence-electron chi connectivity index (χ0n) is 22.1. The molecule has 0 atom stereocenters. The van der Waals surface area contributed by atoms with Crippen molar-refractivity contribution in [3.05, 3.63) is 0 Å². The van der Waals surface area contributed by atoms with Crippen LogP contribution in [0.5, 0.6) is 0 Å². The Kier molecular flexibility index (Phi) is 17.0. The molecule has 0 amide bonds. The van der Waals surface area contributed by atoms with E-state index in [4.69, 9.17) is 9.05 Å². The molecule has 0 unspecified atom stereocenters. The number of rotatable bonds is 14. The fourth-order valence-electron chi connectivity index (χ4n) is 3.36. The minimum absolute atomic E-state index is 0.685. The van der Waals surface area contributed by atoms with Crippen molar-refractivity contribution in [1.29, 1.82) is 0 Å². The summed E-state index contributed by atoms with van der Waals surface area (Å²) in [4.78, 5) is 9.30. The molecule has 0 aromatic heterocycles. The molecule has 30 heavy (non-hydrogen) atoms. The van der Waals surface area contributed by atoms with E-state index in [2.05, 4.69) is 27.7 Å². The smallest absolute Gasteiger partial charge is 0.324 e. The van der Waals surface area contributed by atoms with Gasteiger partial charge in [0.1, 0.15) is 0 Å². The predicted molar refractivity (Wildman–Crippen MR) is 131 cm³/mol. The summed E-state index contributed by atoms with van der Waals surface area (Å²) in [5.41, 5.74) is -1.37. The molecule has 0 saturated heterocycles. The van der Waals surface area contributed by atoms with E-state index in [9.17, 15) is 9.46 Å². The van der Waals surface area contributed by atoms with Gasteiger partial charge in [0.15, 0.2) is 0 Å². The van der Waals surface area contributed by atoms with Crippen molar-refractivity contribution in [2.45, 2.75) is 132 Å². The summed E-state index contributed by atoms with van der Waals surface area (Å²) in [6, 6.07) is 0. The van der Waals surface area contributed by atoms with Crippen molar-refractivity contribution >= 4 is 7.82 Å². The molecule has 1 N–H and O–H groups in total. The summed E-state index contributed by atoms with van der Waals surface area (Å²) in [5.74, 6) is 0. The van der Waals surface area contributed by atoms with Crippen LogP contribution in [0, 0.1) is 0 Å². The third kappa shape index (κ3) is 20.0. The minimum Gasteiger partial charge on any atom is -0.324 e. The lowest BCUT2D eigenvalue weighted by molar-refractivity contribution is -0.929. The number of hydrogen-bond donors (Lipinski definition) is 1. The second-order valence-electron chi connectivity index (χ2n) is 10.5. The van der Waals surface area contributed by atoms with Gasteiger partial charge in [0.25, 0.3) is 0 Å². The molecular weight excluding hydrogens is 397 g/mol. The van der Waals surface area contributed by atoms with Gasteiger partial charge in [-0.15, -0.1) is 0 Å². The zero-order chi connectivity index (χ0) is 23.9. The van der Waals surface area contributed by atoms with Crippen LogP contribution in [0.1, 0.15) is 121 Å². The van der Waals surface area contributed by atoms with Crippen molar-refractivity contribution in [2.75, 3.05) is 26.2 Å². The largest absolute Gasteiger partial charge is 0.473 e. The average molecular weight is 453 g/mol. The molecule has 0 rings (SSSR count). The number of phosphoric ester groups is 1. The molecule has 0 saturated carbocycles. The molecule has 0 bridgehead atoms. The standard InChI is InChI=1S/C16H36N.C8H19O4P/c1-5-9-13-17(14-10-6-2,15-11-7-3)16-12-8-4;1-7(2,3)11-13(9,10)12-8(4,5)6/h5-16H2,1-4H3;1-6H3,(H,9,10)/q+1;. The molecule has 5 nitrogen and oxygen atoms in total. The minimum atomic E-state index is -3.94. The quantitative estimate of drug-likeness (QED) is 0.216. The van der Waals surface area contributed by atoms with Crippen molar-refractivity contribution < 1.29 is 23.0 Å². The Labute approximate surface area is 189 Å². The van der Waals surface area contributed by atoms with Gasteiger partial charge in [-0.3, -0.25) is 9.05 Å². The van der Waals surface area contributed by atoms with Crippen molar-refractivity contribution in [3.8, 4) is 0 Å². The molecule has 0 spiro atoms. The highest BCUT2D eigenvalue weighted by Gasteiger charge is 2.33. The third-order valence-corrected chi connectivity index (χ3v) is 6.28. The van der Waals surface area contributed by atoms with Gasteiger partial charge in [-0.25, -0.2) is 4.57 Å². The van der Waals surface area contributed by atoms with E-state index in [1.807, 2.05) is 0 Å². The fraction of sp³-hybridized carbons (Fsp3) is 1.00. The van der Waals surface area contributed by atoms with Crippen molar-refractivity contribution in [2.24, 2.45) is 0 Å². The Morgan fingerprint density at radius 2 is 0.867 bits per heavy atom. The lowest BCUT2D eigenvalue weighted by Gasteiger charge is -2.39. The van der Waals surface area contributed by atoms with Crippen LogP contribution in [-0.2, 0) is 13.6 Å². The van der Waals surface area contributed by atoms with Crippen LogP contribution < -0.4 is 0 Å². The van der Waals surface area contributed by atoms with E-state index in [-0.39, 0.29) is 0 Å². The highest BCUT2D eigenvalue weighted by Crippen LogP contribution is 2.50. The van der Waals surface area contributed by atoms with E-state index in [1.165, 1.54) is 82.0 Å². The van der Waals surface area contributed by atoms with Crippen LogP contribution in [0.15, 0.2) is 0 Å². The summed E-state index contributed by atoms with van der Waals surface area (Å²) < 4.78 is 22.6. The van der Waals surface area contributed by atoms with Crippen LogP contribution in [0.25, 0.3) is 0 Å². The first-order valence-electron chi connectivity index (χ1n) is 12.2. The maximum Gasteiger partial charge on any atom is 0.473 e. The zero-order valence-corrected chi connectivity index (χ0v) is 22.9. The topological polar surface area (TPSA) is 55.8 Å². The number of unbranched alkanes of at least 4 members (excludes halogenated alkanes) is 4. The molecule has 0 fully saturated rings. The number of quaternary nitrogens is 1. The summed E-state index contributed by atoms with van der Waals surface area (Å²) in [5, 5.41) is 0. The normalized spacial score (nSPS) is 13.2. The first kappa shape index (κ1) is 32.3. The highest BCUT2D eigenvalue weighted by atomic mass is 31.2. The van der Waals surface area contributed by atoms with Gasteiger partial charge in [0.05, 0.1) is 37.4 Å². The Hall–Kier alpha value is 0.0700. The van der Waals surface area contributed by atoms with Gasteiger partial charge < -0.3 is 9.38 Å². The van der Waals surface area contributed by atoms with Gasteiger partial charge in [-0.1, -0.05) is 53.4 Å². The van der Waals surface area contributed by atoms with Crippen molar-refractivity contribution in [3.63, 3.8) is 0 Å². The Morgan fingerprint density at radius 1 is 0.633 bits per heavy atom. The van der Waals surface area contributed by atoms with Crippen LogP contribution >= 0.6 is 7.82 Å². The highest BCUT2D eigenvalue weighted by molar-refractivity contribution is 7.47. The van der Waals surface area contributed by atoms with Crippen molar-refractivity contribution in [1.82, 2.24) is 0 Å². The maximum absolute atomic E-state index is 11.4. The molecule has 0 aromatic carbocycles. The molecule has 0 heterocycles. The average Bonchev–Trinajstić information content (AvgIpc) is 2.57. The van der Waals surface area contributed by atoms with E-state index >= 15 is 0 Å². The monoisotopic (exact) mass is 452 g/mol. The van der Waals surface area contributed by atoms with Gasteiger partial charge in [-0.05, 0) is 67.2 Å². The molecular formula is C24H55NO4P+. The van der Waals surface area contributed by atoms with Gasteiger partial charge in [0, 0.05) is 0 Å². The van der Waals surface area contributed by atoms with Crippen LogP contribution in [-0.4, -0.2) is 46.8 Å². The first-order chi connectivity index (χ1) is 13.7. The Bertz CT molecular complexity index is 398. The second kappa shape index (κ2) is 15.8. The van der Waals surface area contributed by atoms with Crippen LogP contribution in [0.2, 0.25) is 0 Å². The number of phosphoric acid groups is 1. The van der Waals surface area contributed by atoms with Gasteiger partial charge >= 0.3 is 7.82 Å². The Balaban J connectivity index is 0. The molecule has 0 aliphatic rings. The molecule has 6 heteroatoms. The van der Waals surface area contributed by atoms with E-state index in [0.29, 0.717) is 0 Å². The molecule has 0 aromatic rings. The molecule has 0 radical (unpaired) electrons. The SMILES string of the molecule is CC(C)(C)OP(=O)(O)OC(C)(C)C.CCCC[N+](CCCC)(CCCC)CCCC. The summed E-state index contributed by atoms with van der Waals surface area (Å²) in [6.07, 6.45) is 11.1. The molecule has 0 aliphatic heterocycles. The van der Waals surface area contributed by atoms with E-state index in [0.717, 1.165) is 0 Å². The van der Waals surface area contributed by atoms with E-state index < -0.39 is 19.0 Å². The predicted octanol–water partition coefficient (Wildman–Crippen LogP) is 7.72. The summed E-state index contributed by atoms with van der Waals surface area (Å²) in [7, 11) is -3.94. The lowest BCUT2D eigenvalue weighted by atomic mass is 10.1. The first-order valence-corrected chi connectivity index (χ1v) is 13.7. The fourth-order valence-corrected chi connectivity index (χ4v) is 4.78. The third-order valence-electron chi connectivity index (χ3n) is 4.72. The summed E-state index contributed by atoms with van der Waals surface area (Å²) in [6.45, 7) is 25.2. The number of nitrogens with zero attached hydrogens (tertiary/aromatic N) is 1. The Morgan fingerprint density at radius 3 is 1.03 bits per heavy atom. The number of hydrogen-bond acceptors (Lipinski definition) is 3. The second-order valence-corrected chi connectivity index (χ2v) is 11.8. The van der Waals surface area contributed by atoms with Crippen LogP contribution in [0.4, 0.5) is 0 Å². The van der Waals surface area contributed by atoms with Gasteiger partial charge in [-0.2, -0.15) is 0 Å².